The maximum absolute atomic E-state index is 12.0. The fourth-order valence-corrected chi connectivity index (χ4v) is 2.64. The van der Waals surface area contributed by atoms with Crippen LogP contribution in [0.5, 0.6) is 0 Å². The molecule has 1 aliphatic heterocycles. The van der Waals surface area contributed by atoms with E-state index in [1.54, 1.807) is 18.7 Å². The molecule has 0 aromatic heterocycles. The van der Waals surface area contributed by atoms with Crippen LogP contribution in [-0.2, 0) is 9.59 Å². The quantitative estimate of drug-likeness (QED) is 0.783. The Balaban J connectivity index is 1.78. The van der Waals surface area contributed by atoms with E-state index in [1.165, 1.54) is 0 Å². The second-order valence-corrected chi connectivity index (χ2v) is 5.92. The predicted octanol–water partition coefficient (Wildman–Crippen LogP) is -0.0410. The molecule has 6 heteroatoms. The summed E-state index contributed by atoms with van der Waals surface area (Å²) in [4.78, 5) is 27.1. The van der Waals surface area contributed by atoms with E-state index >= 15 is 0 Å². The minimum atomic E-state index is -0.724. The van der Waals surface area contributed by atoms with Crippen molar-refractivity contribution in [3.05, 3.63) is 0 Å². The van der Waals surface area contributed by atoms with E-state index in [0.717, 1.165) is 12.8 Å². The first-order chi connectivity index (χ1) is 9.44. The van der Waals surface area contributed by atoms with Gasteiger partial charge in [-0.3, -0.25) is 14.5 Å². The highest BCUT2D eigenvalue weighted by Crippen LogP contribution is 2.39. The molecule has 2 aliphatic rings. The Labute approximate surface area is 119 Å². The van der Waals surface area contributed by atoms with E-state index in [1.807, 2.05) is 4.90 Å². The van der Waals surface area contributed by atoms with E-state index in [9.17, 15) is 14.9 Å². The second-order valence-electron chi connectivity index (χ2n) is 5.92. The van der Waals surface area contributed by atoms with Crippen molar-refractivity contribution in [3.8, 4) is 6.07 Å². The average molecular weight is 278 g/mol. The molecule has 1 unspecified atom stereocenters. The summed E-state index contributed by atoms with van der Waals surface area (Å²) < 4.78 is 0. The zero-order valence-electron chi connectivity index (χ0n) is 12.2. The molecule has 0 aromatic carbocycles. The SMILES string of the molecule is CC(=O)N1CCN(CC(=O)NC(C)(C#N)C2CC2)CC1. The Morgan fingerprint density at radius 1 is 1.30 bits per heavy atom. The normalized spacial score (nSPS) is 22.8. The van der Waals surface area contributed by atoms with Crippen molar-refractivity contribution < 1.29 is 9.59 Å². The molecule has 110 valence electrons. The molecule has 1 saturated carbocycles. The maximum Gasteiger partial charge on any atom is 0.235 e. The van der Waals surface area contributed by atoms with Crippen LogP contribution in [0.3, 0.4) is 0 Å². The van der Waals surface area contributed by atoms with Crippen LogP contribution in [-0.4, -0.2) is 59.9 Å². The number of carbonyl (C=O) groups excluding carboxylic acids is 2. The van der Waals surface area contributed by atoms with Gasteiger partial charge in [0.05, 0.1) is 12.6 Å². The summed E-state index contributed by atoms with van der Waals surface area (Å²) in [5.74, 6) is 0.281. The van der Waals surface area contributed by atoms with E-state index in [-0.39, 0.29) is 11.8 Å². The zero-order valence-corrected chi connectivity index (χ0v) is 12.2. The van der Waals surface area contributed by atoms with Crippen LogP contribution in [0.25, 0.3) is 0 Å². The summed E-state index contributed by atoms with van der Waals surface area (Å²) in [7, 11) is 0. The fourth-order valence-electron chi connectivity index (χ4n) is 2.64. The molecular formula is C14H22N4O2. The average Bonchev–Trinajstić information content (AvgIpc) is 3.23. The summed E-state index contributed by atoms with van der Waals surface area (Å²) in [5, 5.41) is 12.1. The van der Waals surface area contributed by atoms with E-state index in [0.29, 0.717) is 38.6 Å². The number of hydrogen-bond donors (Lipinski definition) is 1. The molecule has 2 rings (SSSR count). The smallest absolute Gasteiger partial charge is 0.235 e. The first-order valence-electron chi connectivity index (χ1n) is 7.15. The van der Waals surface area contributed by atoms with Gasteiger partial charge in [-0.15, -0.1) is 0 Å². The van der Waals surface area contributed by atoms with Crippen molar-refractivity contribution in [2.24, 2.45) is 5.92 Å². The van der Waals surface area contributed by atoms with Gasteiger partial charge in [-0.2, -0.15) is 5.26 Å². The lowest BCUT2D eigenvalue weighted by molar-refractivity contribution is -0.131. The van der Waals surface area contributed by atoms with Gasteiger partial charge in [-0.25, -0.2) is 0 Å². The van der Waals surface area contributed by atoms with Gasteiger partial charge in [0.15, 0.2) is 0 Å². The third-order valence-corrected chi connectivity index (χ3v) is 4.21. The van der Waals surface area contributed by atoms with Crippen LogP contribution in [0.1, 0.15) is 26.7 Å². The molecule has 20 heavy (non-hydrogen) atoms. The standard InChI is InChI=1S/C14H22N4O2/c1-11(19)18-7-5-17(6-8-18)9-13(20)16-14(2,10-15)12-3-4-12/h12H,3-9H2,1-2H3,(H,16,20). The number of hydrogen-bond acceptors (Lipinski definition) is 4. The molecule has 1 heterocycles. The predicted molar refractivity (Wildman–Crippen MR) is 73.6 cm³/mol. The van der Waals surface area contributed by atoms with Crippen molar-refractivity contribution in [2.75, 3.05) is 32.7 Å². The molecule has 1 aliphatic carbocycles. The number of amides is 2. The summed E-state index contributed by atoms with van der Waals surface area (Å²) in [6.45, 7) is 6.42. The van der Waals surface area contributed by atoms with Crippen LogP contribution in [0.2, 0.25) is 0 Å². The minimum absolute atomic E-state index is 0.0832. The highest BCUT2D eigenvalue weighted by atomic mass is 16.2. The van der Waals surface area contributed by atoms with Gasteiger partial charge in [0.2, 0.25) is 11.8 Å². The summed E-state index contributed by atoms with van der Waals surface area (Å²) in [6.07, 6.45) is 2.03. The third kappa shape index (κ3) is 3.48. The van der Waals surface area contributed by atoms with Crippen molar-refractivity contribution in [3.63, 3.8) is 0 Å². The summed E-state index contributed by atoms with van der Waals surface area (Å²) in [5.41, 5.74) is -0.724. The summed E-state index contributed by atoms with van der Waals surface area (Å²) in [6, 6.07) is 2.23. The van der Waals surface area contributed by atoms with Crippen LogP contribution in [0, 0.1) is 17.2 Å². The van der Waals surface area contributed by atoms with Gasteiger partial charge >= 0.3 is 0 Å². The number of nitriles is 1. The molecular weight excluding hydrogens is 256 g/mol. The lowest BCUT2D eigenvalue weighted by Crippen LogP contribution is -2.54. The monoisotopic (exact) mass is 278 g/mol. The molecule has 6 nitrogen and oxygen atoms in total. The van der Waals surface area contributed by atoms with Crippen LogP contribution in [0.15, 0.2) is 0 Å². The summed E-state index contributed by atoms with van der Waals surface area (Å²) >= 11 is 0. The lowest BCUT2D eigenvalue weighted by atomic mass is 9.98. The molecule has 1 saturated heterocycles. The molecule has 1 N–H and O–H groups in total. The van der Waals surface area contributed by atoms with E-state index < -0.39 is 5.54 Å². The van der Waals surface area contributed by atoms with Gasteiger partial charge in [0, 0.05) is 33.1 Å². The van der Waals surface area contributed by atoms with Gasteiger partial charge in [0.1, 0.15) is 5.54 Å². The largest absolute Gasteiger partial charge is 0.340 e. The maximum atomic E-state index is 12.0. The first-order valence-corrected chi connectivity index (χ1v) is 7.15. The molecule has 1 atom stereocenters. The van der Waals surface area contributed by atoms with Crippen molar-refractivity contribution in [1.29, 1.82) is 5.26 Å². The highest BCUT2D eigenvalue weighted by molar-refractivity contribution is 5.79. The Bertz CT molecular complexity index is 433. The number of piperazine rings is 1. The molecule has 0 aromatic rings. The van der Waals surface area contributed by atoms with Gasteiger partial charge in [0.25, 0.3) is 0 Å². The minimum Gasteiger partial charge on any atom is -0.340 e. The Hall–Kier alpha value is -1.61. The number of rotatable bonds is 4. The molecule has 2 fully saturated rings. The van der Waals surface area contributed by atoms with Crippen LogP contribution in [0.4, 0.5) is 0 Å². The fraction of sp³-hybridized carbons (Fsp3) is 0.786. The van der Waals surface area contributed by atoms with Crippen molar-refractivity contribution in [2.45, 2.75) is 32.2 Å². The highest BCUT2D eigenvalue weighted by Gasteiger charge is 2.43. The van der Waals surface area contributed by atoms with Gasteiger partial charge < -0.3 is 10.2 Å². The Kier molecular flexibility index (Phi) is 4.29. The van der Waals surface area contributed by atoms with Crippen LogP contribution < -0.4 is 5.32 Å². The second kappa shape index (κ2) is 5.80. The Morgan fingerprint density at radius 2 is 1.90 bits per heavy atom. The van der Waals surface area contributed by atoms with Crippen molar-refractivity contribution >= 4 is 11.8 Å². The Morgan fingerprint density at radius 3 is 2.35 bits per heavy atom. The third-order valence-electron chi connectivity index (χ3n) is 4.21. The molecule has 2 amide bonds. The number of carbonyl (C=O) groups is 2. The van der Waals surface area contributed by atoms with E-state index in [4.69, 9.17) is 0 Å². The topological polar surface area (TPSA) is 76.4 Å². The first kappa shape index (κ1) is 14.8. The van der Waals surface area contributed by atoms with Crippen molar-refractivity contribution in [1.82, 2.24) is 15.1 Å². The number of nitrogens with zero attached hydrogens (tertiary/aromatic N) is 3. The molecule has 0 spiro atoms. The van der Waals surface area contributed by atoms with E-state index in [2.05, 4.69) is 11.4 Å². The van der Waals surface area contributed by atoms with Gasteiger partial charge in [-0.05, 0) is 25.7 Å². The molecule has 0 radical (unpaired) electrons. The number of nitrogens with one attached hydrogen (secondary N) is 1. The molecule has 0 bridgehead atoms. The van der Waals surface area contributed by atoms with Gasteiger partial charge in [-0.1, -0.05) is 0 Å². The zero-order chi connectivity index (χ0) is 14.8. The lowest BCUT2D eigenvalue weighted by Gasteiger charge is -2.34. The van der Waals surface area contributed by atoms with Crippen LogP contribution >= 0.6 is 0 Å².